The van der Waals surface area contributed by atoms with Crippen LogP contribution < -0.4 is 5.32 Å². The number of methoxy groups -OCH3 is 1. The second kappa shape index (κ2) is 5.68. The second-order valence-corrected chi connectivity index (χ2v) is 4.87. The number of aromatic amines is 1. The van der Waals surface area contributed by atoms with E-state index in [-0.39, 0.29) is 5.97 Å². The number of H-pyrrole nitrogens is 1. The van der Waals surface area contributed by atoms with Gasteiger partial charge in [0.05, 0.1) is 7.11 Å². The number of hydrogen-bond donors (Lipinski definition) is 2. The third-order valence-electron chi connectivity index (χ3n) is 2.49. The molecule has 0 saturated heterocycles. The van der Waals surface area contributed by atoms with Gasteiger partial charge in [0.15, 0.2) is 5.13 Å². The van der Waals surface area contributed by atoms with E-state index in [4.69, 9.17) is 0 Å². The number of thiazole rings is 1. The van der Waals surface area contributed by atoms with Gasteiger partial charge in [0.2, 0.25) is 0 Å². The molecule has 2 aromatic heterocycles. The molecule has 0 aliphatic rings. The van der Waals surface area contributed by atoms with Crippen LogP contribution in [0.3, 0.4) is 0 Å². The molecule has 0 saturated carbocycles. The van der Waals surface area contributed by atoms with Crippen LogP contribution >= 0.6 is 11.3 Å². The Labute approximate surface area is 109 Å². The highest BCUT2D eigenvalue weighted by atomic mass is 32.1. The molecule has 0 aromatic carbocycles. The van der Waals surface area contributed by atoms with Gasteiger partial charge in [0.1, 0.15) is 5.69 Å². The summed E-state index contributed by atoms with van der Waals surface area (Å²) in [4.78, 5) is 19.7. The van der Waals surface area contributed by atoms with Crippen molar-refractivity contribution in [3.8, 4) is 0 Å². The van der Waals surface area contributed by atoms with Gasteiger partial charge < -0.3 is 15.0 Å². The topological polar surface area (TPSA) is 67.0 Å². The fourth-order valence-electron chi connectivity index (χ4n) is 1.50. The summed E-state index contributed by atoms with van der Waals surface area (Å²) in [6, 6.07) is 1.77. The maximum absolute atomic E-state index is 11.3. The molecule has 6 heteroatoms. The largest absolute Gasteiger partial charge is 0.464 e. The highest BCUT2D eigenvalue weighted by molar-refractivity contribution is 7.15. The number of aromatic nitrogens is 2. The summed E-state index contributed by atoms with van der Waals surface area (Å²) in [5.41, 5.74) is 1.45. The molecule has 96 valence electrons. The maximum atomic E-state index is 11.3. The second-order valence-electron chi connectivity index (χ2n) is 3.75. The molecule has 2 heterocycles. The van der Waals surface area contributed by atoms with Crippen LogP contribution in [0.15, 0.2) is 18.5 Å². The van der Waals surface area contributed by atoms with Crippen molar-refractivity contribution in [1.29, 1.82) is 0 Å². The number of anilines is 1. The van der Waals surface area contributed by atoms with Gasteiger partial charge >= 0.3 is 5.97 Å². The van der Waals surface area contributed by atoms with Crippen LogP contribution in [0.2, 0.25) is 0 Å². The number of carbonyl (C=O) groups excluding carboxylic acids is 1. The van der Waals surface area contributed by atoms with E-state index in [1.54, 1.807) is 23.6 Å². The molecule has 0 atom stereocenters. The van der Waals surface area contributed by atoms with Crippen molar-refractivity contribution in [2.45, 2.75) is 19.9 Å². The Morgan fingerprint density at radius 2 is 2.44 bits per heavy atom. The Balaban J connectivity index is 1.93. The Morgan fingerprint density at radius 3 is 3.11 bits per heavy atom. The lowest BCUT2D eigenvalue weighted by molar-refractivity contribution is 0.0595. The molecule has 0 aliphatic carbocycles. The Morgan fingerprint density at radius 1 is 1.61 bits per heavy atom. The first kappa shape index (κ1) is 12.6. The van der Waals surface area contributed by atoms with Gasteiger partial charge in [0.25, 0.3) is 0 Å². The number of carbonyl (C=O) groups is 1. The van der Waals surface area contributed by atoms with Crippen molar-refractivity contribution in [3.63, 3.8) is 0 Å². The Bertz CT molecular complexity index is 533. The third-order valence-corrected chi connectivity index (χ3v) is 3.59. The van der Waals surface area contributed by atoms with Gasteiger partial charge in [-0.05, 0) is 18.1 Å². The molecule has 2 rings (SSSR count). The number of nitrogens with one attached hydrogen (secondary N) is 2. The molecule has 0 radical (unpaired) electrons. The molecule has 0 amide bonds. The number of rotatable bonds is 5. The van der Waals surface area contributed by atoms with Gasteiger partial charge in [-0.2, -0.15) is 0 Å². The van der Waals surface area contributed by atoms with Gasteiger partial charge in [-0.3, -0.25) is 0 Å². The van der Waals surface area contributed by atoms with Crippen molar-refractivity contribution in [1.82, 2.24) is 9.97 Å². The molecule has 5 nitrogen and oxygen atoms in total. The molecule has 0 aliphatic heterocycles. The molecule has 0 unspecified atom stereocenters. The quantitative estimate of drug-likeness (QED) is 0.815. The fraction of sp³-hybridized carbons (Fsp3) is 0.333. The van der Waals surface area contributed by atoms with Crippen LogP contribution in [0.25, 0.3) is 0 Å². The summed E-state index contributed by atoms with van der Waals surface area (Å²) in [5.74, 6) is -0.358. The molecule has 2 N–H and O–H groups in total. The number of nitrogens with zero attached hydrogens (tertiary/aromatic N) is 1. The van der Waals surface area contributed by atoms with Crippen LogP contribution in [0, 0.1) is 0 Å². The van der Waals surface area contributed by atoms with Gasteiger partial charge in [0, 0.05) is 23.8 Å². The normalized spacial score (nSPS) is 10.3. The van der Waals surface area contributed by atoms with E-state index < -0.39 is 0 Å². The van der Waals surface area contributed by atoms with E-state index >= 15 is 0 Å². The van der Waals surface area contributed by atoms with Gasteiger partial charge in [-0.25, -0.2) is 9.78 Å². The van der Waals surface area contributed by atoms with E-state index in [0.29, 0.717) is 12.2 Å². The minimum absolute atomic E-state index is 0.358. The van der Waals surface area contributed by atoms with E-state index in [0.717, 1.165) is 17.1 Å². The summed E-state index contributed by atoms with van der Waals surface area (Å²) in [6.07, 6.45) is 4.66. The van der Waals surface area contributed by atoms with E-state index in [9.17, 15) is 4.79 Å². The minimum Gasteiger partial charge on any atom is -0.464 e. The lowest BCUT2D eigenvalue weighted by atomic mass is 10.3. The predicted octanol–water partition coefficient (Wildman–Crippen LogP) is 2.43. The molecule has 0 bridgehead atoms. The summed E-state index contributed by atoms with van der Waals surface area (Å²) < 4.78 is 4.63. The summed E-state index contributed by atoms with van der Waals surface area (Å²) in [6.45, 7) is 2.73. The zero-order valence-corrected chi connectivity index (χ0v) is 11.1. The first-order valence-corrected chi connectivity index (χ1v) is 6.48. The zero-order valence-electron chi connectivity index (χ0n) is 10.3. The van der Waals surface area contributed by atoms with Crippen LogP contribution in [0.4, 0.5) is 5.13 Å². The monoisotopic (exact) mass is 265 g/mol. The zero-order chi connectivity index (χ0) is 13.0. The molecule has 0 spiro atoms. The first-order chi connectivity index (χ1) is 8.72. The standard InChI is InChI=1S/C12H15N3O2S/c1-3-9-7-15-12(18-9)14-6-8-4-10(13-5-8)11(16)17-2/h4-5,7,13H,3,6H2,1-2H3,(H,14,15). The summed E-state index contributed by atoms with van der Waals surface area (Å²) in [7, 11) is 1.36. The SMILES string of the molecule is CCc1cnc(NCc2c[nH]c(C(=O)OC)c2)s1. The number of esters is 1. The lowest BCUT2D eigenvalue weighted by Crippen LogP contribution is -2.01. The fourth-order valence-corrected chi connectivity index (χ4v) is 2.25. The van der Waals surface area contributed by atoms with Crippen LogP contribution in [-0.4, -0.2) is 23.0 Å². The van der Waals surface area contributed by atoms with Gasteiger partial charge in [-0.15, -0.1) is 11.3 Å². The lowest BCUT2D eigenvalue weighted by Gasteiger charge is -1.98. The number of hydrogen-bond acceptors (Lipinski definition) is 5. The highest BCUT2D eigenvalue weighted by Gasteiger charge is 2.08. The van der Waals surface area contributed by atoms with Crippen LogP contribution in [0.1, 0.15) is 27.9 Å². The molecular weight excluding hydrogens is 250 g/mol. The minimum atomic E-state index is -0.358. The van der Waals surface area contributed by atoms with Crippen molar-refractivity contribution >= 4 is 22.4 Å². The average molecular weight is 265 g/mol. The molecule has 18 heavy (non-hydrogen) atoms. The highest BCUT2D eigenvalue weighted by Crippen LogP contribution is 2.19. The molecule has 2 aromatic rings. The third kappa shape index (κ3) is 2.89. The van der Waals surface area contributed by atoms with Crippen molar-refractivity contribution in [2.75, 3.05) is 12.4 Å². The molecule has 0 fully saturated rings. The number of aryl methyl sites for hydroxylation is 1. The first-order valence-electron chi connectivity index (χ1n) is 5.67. The maximum Gasteiger partial charge on any atom is 0.354 e. The van der Waals surface area contributed by atoms with E-state index in [1.165, 1.54) is 12.0 Å². The van der Waals surface area contributed by atoms with E-state index in [2.05, 4.69) is 26.9 Å². The summed E-state index contributed by atoms with van der Waals surface area (Å²) >= 11 is 1.65. The number of ether oxygens (including phenoxy) is 1. The van der Waals surface area contributed by atoms with Gasteiger partial charge in [-0.1, -0.05) is 6.92 Å². The van der Waals surface area contributed by atoms with Crippen LogP contribution in [-0.2, 0) is 17.7 Å². The molecular formula is C12H15N3O2S. The van der Waals surface area contributed by atoms with E-state index in [1.807, 2.05) is 6.20 Å². The van der Waals surface area contributed by atoms with Crippen molar-refractivity contribution in [3.05, 3.63) is 34.6 Å². The average Bonchev–Trinajstić information content (AvgIpc) is 3.04. The van der Waals surface area contributed by atoms with Crippen LogP contribution in [0.5, 0.6) is 0 Å². The van der Waals surface area contributed by atoms with Crippen molar-refractivity contribution < 1.29 is 9.53 Å². The Hall–Kier alpha value is -1.82. The smallest absolute Gasteiger partial charge is 0.354 e. The summed E-state index contributed by atoms with van der Waals surface area (Å²) in [5, 5.41) is 4.12. The predicted molar refractivity (Wildman–Crippen MR) is 71.0 cm³/mol. The van der Waals surface area contributed by atoms with Crippen molar-refractivity contribution in [2.24, 2.45) is 0 Å². The Kier molecular flexibility index (Phi) is 3.99.